The van der Waals surface area contributed by atoms with E-state index in [1.807, 2.05) is 0 Å². The Morgan fingerprint density at radius 3 is 2.14 bits per heavy atom. The summed E-state index contributed by atoms with van der Waals surface area (Å²) in [6, 6.07) is 21.7. The first-order valence-corrected chi connectivity index (χ1v) is 9.76. The summed E-state index contributed by atoms with van der Waals surface area (Å²) in [4.78, 5) is 10.3. The van der Waals surface area contributed by atoms with Crippen LogP contribution in [0.1, 0.15) is 11.1 Å². The molecule has 0 bridgehead atoms. The van der Waals surface area contributed by atoms with Crippen LogP contribution >= 0.6 is 0 Å². The Morgan fingerprint density at radius 2 is 1.59 bits per heavy atom. The van der Waals surface area contributed by atoms with Crippen LogP contribution in [0.25, 0.3) is 11.6 Å². The van der Waals surface area contributed by atoms with Gasteiger partial charge >= 0.3 is 10.1 Å². The molecule has 0 N–H and O–H groups in total. The molecule has 0 aromatic heterocycles. The maximum atomic E-state index is 12.2. The lowest BCUT2D eigenvalue weighted by Gasteiger charge is -2.07. The molecule has 8 heteroatoms. The van der Waals surface area contributed by atoms with Crippen LogP contribution in [-0.2, 0) is 10.1 Å². The van der Waals surface area contributed by atoms with Gasteiger partial charge in [-0.1, -0.05) is 30.3 Å². The second-order valence-electron chi connectivity index (χ2n) is 5.89. The van der Waals surface area contributed by atoms with E-state index in [4.69, 9.17) is 4.18 Å². The molecule has 0 saturated heterocycles. The van der Waals surface area contributed by atoms with E-state index < -0.39 is 15.0 Å². The van der Waals surface area contributed by atoms with Gasteiger partial charge < -0.3 is 4.18 Å². The van der Waals surface area contributed by atoms with E-state index >= 15 is 0 Å². The topological polar surface area (TPSA) is 110 Å². The van der Waals surface area contributed by atoms with Gasteiger partial charge in [0.2, 0.25) is 0 Å². The summed E-state index contributed by atoms with van der Waals surface area (Å²) in [5.74, 6) is 0.139. The smallest absolute Gasteiger partial charge is 0.339 e. The number of hydrogen-bond donors (Lipinski definition) is 0. The first-order chi connectivity index (χ1) is 13.9. The van der Waals surface area contributed by atoms with Crippen molar-refractivity contribution in [2.45, 2.75) is 4.90 Å². The molecule has 0 spiro atoms. The number of benzene rings is 3. The van der Waals surface area contributed by atoms with Gasteiger partial charge in [-0.05, 0) is 53.6 Å². The van der Waals surface area contributed by atoms with Crippen molar-refractivity contribution in [3.63, 3.8) is 0 Å². The van der Waals surface area contributed by atoms with E-state index in [0.717, 1.165) is 0 Å². The van der Waals surface area contributed by atoms with Gasteiger partial charge in [-0.25, -0.2) is 0 Å². The maximum absolute atomic E-state index is 12.2. The molecule has 7 nitrogen and oxygen atoms in total. The van der Waals surface area contributed by atoms with E-state index in [2.05, 4.69) is 6.07 Å². The van der Waals surface area contributed by atoms with Crippen LogP contribution < -0.4 is 4.18 Å². The van der Waals surface area contributed by atoms with Crippen molar-refractivity contribution < 1.29 is 17.5 Å². The fourth-order valence-electron chi connectivity index (χ4n) is 2.49. The van der Waals surface area contributed by atoms with Gasteiger partial charge in [-0.2, -0.15) is 13.7 Å². The number of rotatable bonds is 6. The van der Waals surface area contributed by atoms with E-state index in [0.29, 0.717) is 16.7 Å². The summed E-state index contributed by atoms with van der Waals surface area (Å²) in [5, 5.41) is 20.1. The van der Waals surface area contributed by atoms with Crippen LogP contribution in [0.15, 0.2) is 83.8 Å². The summed E-state index contributed by atoms with van der Waals surface area (Å²) >= 11 is 0. The Balaban J connectivity index is 1.80. The fraction of sp³-hybridized carbons (Fsp3) is 0. The summed E-state index contributed by atoms with van der Waals surface area (Å²) in [7, 11) is -3.93. The van der Waals surface area contributed by atoms with Crippen LogP contribution in [0.5, 0.6) is 5.75 Å². The highest BCUT2D eigenvalue weighted by molar-refractivity contribution is 7.87. The molecule has 0 saturated carbocycles. The second kappa shape index (κ2) is 8.37. The van der Waals surface area contributed by atoms with E-state index in [1.54, 1.807) is 36.4 Å². The van der Waals surface area contributed by atoms with Gasteiger partial charge in [-0.3, -0.25) is 10.1 Å². The van der Waals surface area contributed by atoms with E-state index in [9.17, 15) is 23.8 Å². The molecule has 3 rings (SSSR count). The second-order valence-corrected chi connectivity index (χ2v) is 7.44. The predicted octanol–water partition coefficient (Wildman–Crippen LogP) is 4.43. The molecule has 0 radical (unpaired) electrons. The van der Waals surface area contributed by atoms with Gasteiger partial charge in [0.05, 0.1) is 16.6 Å². The molecule has 3 aromatic carbocycles. The Bertz CT molecular complexity index is 1190. The summed E-state index contributed by atoms with van der Waals surface area (Å²) < 4.78 is 29.6. The number of allylic oxidation sites excluding steroid dienone is 1. The Kier molecular flexibility index (Phi) is 5.71. The molecule has 0 aliphatic heterocycles. The molecule has 0 fully saturated rings. The predicted molar refractivity (Wildman–Crippen MR) is 107 cm³/mol. The first-order valence-electron chi connectivity index (χ1n) is 8.35. The molecule has 29 heavy (non-hydrogen) atoms. The first kappa shape index (κ1) is 19.8. The van der Waals surface area contributed by atoms with Crippen LogP contribution in [0.2, 0.25) is 0 Å². The molecule has 0 amide bonds. The molecule has 0 aliphatic carbocycles. The normalized spacial score (nSPS) is 11.5. The monoisotopic (exact) mass is 406 g/mol. The third-order valence-electron chi connectivity index (χ3n) is 3.94. The third kappa shape index (κ3) is 4.86. The zero-order valence-electron chi connectivity index (χ0n) is 14.9. The number of nitro groups is 1. The highest BCUT2D eigenvalue weighted by Crippen LogP contribution is 2.23. The van der Waals surface area contributed by atoms with Crippen molar-refractivity contribution in [1.29, 1.82) is 5.26 Å². The Hall–Kier alpha value is -3.96. The van der Waals surface area contributed by atoms with Crippen LogP contribution in [0, 0.1) is 21.4 Å². The number of nitriles is 1. The molecular formula is C21H14N2O5S. The Labute approximate surface area is 167 Å². The van der Waals surface area contributed by atoms with Crippen molar-refractivity contribution in [3.8, 4) is 11.8 Å². The van der Waals surface area contributed by atoms with Crippen LogP contribution in [-0.4, -0.2) is 13.3 Å². The van der Waals surface area contributed by atoms with Gasteiger partial charge in [0.15, 0.2) is 0 Å². The largest absolute Gasteiger partial charge is 0.379 e. The van der Waals surface area contributed by atoms with Gasteiger partial charge in [0.1, 0.15) is 10.6 Å². The zero-order chi connectivity index (χ0) is 20.9. The fourth-order valence-corrected chi connectivity index (χ4v) is 3.44. The number of non-ortho nitro benzene ring substituents is 1. The lowest BCUT2D eigenvalue weighted by Crippen LogP contribution is -2.09. The minimum Gasteiger partial charge on any atom is -0.379 e. The summed E-state index contributed by atoms with van der Waals surface area (Å²) in [6.07, 6.45) is 1.59. The van der Waals surface area contributed by atoms with Crippen molar-refractivity contribution in [1.82, 2.24) is 0 Å². The number of hydrogen-bond acceptors (Lipinski definition) is 6. The van der Waals surface area contributed by atoms with Crippen molar-refractivity contribution in [2.24, 2.45) is 0 Å². The lowest BCUT2D eigenvalue weighted by molar-refractivity contribution is -0.384. The van der Waals surface area contributed by atoms with Crippen LogP contribution in [0.3, 0.4) is 0 Å². The van der Waals surface area contributed by atoms with Crippen molar-refractivity contribution in [2.75, 3.05) is 0 Å². The molecule has 0 atom stereocenters. The molecule has 0 unspecified atom stereocenters. The minimum atomic E-state index is -3.93. The highest BCUT2D eigenvalue weighted by atomic mass is 32.2. The van der Waals surface area contributed by atoms with Crippen molar-refractivity contribution >= 4 is 27.5 Å². The van der Waals surface area contributed by atoms with Gasteiger partial charge in [0, 0.05) is 12.1 Å². The van der Waals surface area contributed by atoms with Gasteiger partial charge in [0.25, 0.3) is 5.69 Å². The molecule has 3 aromatic rings. The molecular weight excluding hydrogens is 392 g/mol. The summed E-state index contributed by atoms with van der Waals surface area (Å²) in [5.41, 5.74) is 1.42. The SMILES string of the molecule is N#C/C(=C/c1ccc(OS(=O)(=O)c2ccccc2)cc1)c1ccc([N+](=O)[O-])cc1. The summed E-state index contributed by atoms with van der Waals surface area (Å²) in [6.45, 7) is 0. The van der Waals surface area contributed by atoms with Crippen molar-refractivity contribution in [3.05, 3.63) is 100 Å². The molecule has 0 aliphatic rings. The maximum Gasteiger partial charge on any atom is 0.339 e. The Morgan fingerprint density at radius 1 is 0.966 bits per heavy atom. The average Bonchev–Trinajstić information content (AvgIpc) is 2.74. The van der Waals surface area contributed by atoms with Gasteiger partial charge in [-0.15, -0.1) is 0 Å². The number of nitro benzene ring substituents is 1. The lowest BCUT2D eigenvalue weighted by atomic mass is 10.0. The molecule has 0 heterocycles. The van der Waals surface area contributed by atoms with E-state index in [1.165, 1.54) is 48.5 Å². The third-order valence-corrected chi connectivity index (χ3v) is 5.20. The quantitative estimate of drug-likeness (QED) is 0.197. The average molecular weight is 406 g/mol. The number of nitrogens with zero attached hydrogens (tertiary/aromatic N) is 2. The molecule has 144 valence electrons. The van der Waals surface area contributed by atoms with E-state index in [-0.39, 0.29) is 16.3 Å². The highest BCUT2D eigenvalue weighted by Gasteiger charge is 2.15. The zero-order valence-corrected chi connectivity index (χ0v) is 15.7. The minimum absolute atomic E-state index is 0.0499. The standard InChI is InChI=1S/C21H14N2O5S/c22-15-18(17-8-10-19(11-9-17)23(24)25)14-16-6-12-20(13-7-16)28-29(26,27)21-4-2-1-3-5-21/h1-14H/b18-14-. The van der Waals surface area contributed by atoms with Crippen LogP contribution in [0.4, 0.5) is 5.69 Å².